The first-order chi connectivity index (χ1) is 11.7. The Labute approximate surface area is 142 Å². The molecule has 0 heterocycles. The van der Waals surface area contributed by atoms with E-state index < -0.39 is 27.1 Å². The molecule has 1 amide bonds. The Bertz CT molecular complexity index is 828. The zero-order valence-corrected chi connectivity index (χ0v) is 13.6. The largest absolute Gasteiger partial charge is 0.366 e. The molecular formula is C16H16N4O5. The molecule has 0 saturated carbocycles. The van der Waals surface area contributed by atoms with Gasteiger partial charge in [0, 0.05) is 17.8 Å². The fourth-order valence-corrected chi connectivity index (χ4v) is 2.42. The van der Waals surface area contributed by atoms with Crippen molar-refractivity contribution >= 4 is 28.7 Å². The van der Waals surface area contributed by atoms with Gasteiger partial charge in [0.05, 0.1) is 15.4 Å². The van der Waals surface area contributed by atoms with Gasteiger partial charge in [0.25, 0.3) is 0 Å². The van der Waals surface area contributed by atoms with Crippen LogP contribution in [0.15, 0.2) is 36.4 Å². The van der Waals surface area contributed by atoms with Crippen molar-refractivity contribution in [1.82, 2.24) is 0 Å². The molecule has 3 N–H and O–H groups in total. The van der Waals surface area contributed by atoms with Crippen LogP contribution >= 0.6 is 0 Å². The van der Waals surface area contributed by atoms with E-state index in [0.717, 1.165) is 17.7 Å². The van der Waals surface area contributed by atoms with Crippen molar-refractivity contribution in [1.29, 1.82) is 0 Å². The van der Waals surface area contributed by atoms with Crippen molar-refractivity contribution in [2.75, 3.05) is 5.32 Å². The highest BCUT2D eigenvalue weighted by Crippen LogP contribution is 2.39. The Balaban J connectivity index is 2.70. The van der Waals surface area contributed by atoms with E-state index in [0.29, 0.717) is 5.69 Å². The molecule has 0 aliphatic carbocycles. The Kier molecular flexibility index (Phi) is 4.97. The van der Waals surface area contributed by atoms with Gasteiger partial charge in [-0.3, -0.25) is 25.0 Å². The highest BCUT2D eigenvalue weighted by atomic mass is 16.6. The van der Waals surface area contributed by atoms with Crippen LogP contribution in [0.3, 0.4) is 0 Å². The number of nitro benzene ring substituents is 2. The number of rotatable bonds is 6. The first-order valence-corrected chi connectivity index (χ1v) is 7.35. The van der Waals surface area contributed by atoms with Crippen molar-refractivity contribution in [2.24, 2.45) is 5.73 Å². The van der Waals surface area contributed by atoms with E-state index in [4.69, 9.17) is 5.73 Å². The number of nitrogens with zero attached hydrogens (tertiary/aromatic N) is 2. The van der Waals surface area contributed by atoms with E-state index in [-0.39, 0.29) is 17.2 Å². The highest BCUT2D eigenvalue weighted by Gasteiger charge is 2.28. The predicted octanol–water partition coefficient (Wildman–Crippen LogP) is 3.47. The lowest BCUT2D eigenvalue weighted by Gasteiger charge is -2.15. The van der Waals surface area contributed by atoms with Crippen LogP contribution in [-0.4, -0.2) is 15.8 Å². The molecule has 0 aliphatic rings. The molecule has 0 aliphatic heterocycles. The number of primary amides is 1. The van der Waals surface area contributed by atoms with Crippen LogP contribution in [0.4, 0.5) is 22.7 Å². The van der Waals surface area contributed by atoms with Crippen LogP contribution in [0.25, 0.3) is 0 Å². The summed E-state index contributed by atoms with van der Waals surface area (Å²) in [5, 5.41) is 25.5. The van der Waals surface area contributed by atoms with Gasteiger partial charge in [0.1, 0.15) is 0 Å². The van der Waals surface area contributed by atoms with Crippen LogP contribution in [0.2, 0.25) is 0 Å². The maximum Gasteiger partial charge on any atom is 0.300 e. The number of carbonyl (C=O) groups is 1. The predicted molar refractivity (Wildman–Crippen MR) is 92.1 cm³/mol. The van der Waals surface area contributed by atoms with Crippen molar-refractivity contribution < 1.29 is 14.6 Å². The van der Waals surface area contributed by atoms with Crippen LogP contribution < -0.4 is 11.1 Å². The molecule has 0 fully saturated rings. The molecule has 2 aromatic rings. The molecule has 0 radical (unpaired) electrons. The summed E-state index contributed by atoms with van der Waals surface area (Å²) >= 11 is 0. The summed E-state index contributed by atoms with van der Waals surface area (Å²) in [6.45, 7) is 3.86. The molecule has 0 atom stereocenters. The number of anilines is 2. The highest BCUT2D eigenvalue weighted by molar-refractivity contribution is 5.97. The molecule has 0 saturated heterocycles. The number of hydrogen-bond acceptors (Lipinski definition) is 6. The normalized spacial score (nSPS) is 10.5. The third-order valence-corrected chi connectivity index (χ3v) is 3.62. The SMILES string of the molecule is CC(C)c1ccccc1Nc1c([N+](=O)[O-])cc(C(N)=O)cc1[N+](=O)[O-]. The first kappa shape index (κ1) is 17.9. The van der Waals surface area contributed by atoms with Crippen LogP contribution in [0.1, 0.15) is 35.7 Å². The number of nitrogens with two attached hydrogens (primary N) is 1. The molecule has 0 aromatic heterocycles. The lowest BCUT2D eigenvalue weighted by molar-refractivity contribution is -0.392. The summed E-state index contributed by atoms with van der Waals surface area (Å²) in [7, 11) is 0. The Morgan fingerprint density at radius 1 is 1.08 bits per heavy atom. The summed E-state index contributed by atoms with van der Waals surface area (Å²) in [5.41, 5.74) is 4.67. The second-order valence-electron chi connectivity index (χ2n) is 5.63. The number of amides is 1. The van der Waals surface area contributed by atoms with E-state index >= 15 is 0 Å². The van der Waals surface area contributed by atoms with Gasteiger partial charge in [-0.25, -0.2) is 0 Å². The molecule has 2 aromatic carbocycles. The molecule has 2 rings (SSSR count). The number of carbonyl (C=O) groups excluding carboxylic acids is 1. The van der Waals surface area contributed by atoms with Crippen molar-refractivity contribution in [3.63, 3.8) is 0 Å². The van der Waals surface area contributed by atoms with Gasteiger partial charge >= 0.3 is 11.4 Å². The molecule has 25 heavy (non-hydrogen) atoms. The van der Waals surface area contributed by atoms with Gasteiger partial charge in [-0.1, -0.05) is 32.0 Å². The molecular weight excluding hydrogens is 328 g/mol. The maximum absolute atomic E-state index is 11.4. The van der Waals surface area contributed by atoms with E-state index in [1.54, 1.807) is 18.2 Å². The number of nitro groups is 2. The van der Waals surface area contributed by atoms with E-state index in [2.05, 4.69) is 5.32 Å². The summed E-state index contributed by atoms with van der Waals surface area (Å²) in [6.07, 6.45) is 0. The maximum atomic E-state index is 11.4. The minimum Gasteiger partial charge on any atom is -0.366 e. The van der Waals surface area contributed by atoms with Gasteiger partial charge in [-0.2, -0.15) is 0 Å². The van der Waals surface area contributed by atoms with Crippen LogP contribution in [-0.2, 0) is 0 Å². The minimum atomic E-state index is -0.986. The van der Waals surface area contributed by atoms with Crippen LogP contribution in [0, 0.1) is 20.2 Å². The van der Waals surface area contributed by atoms with Gasteiger partial charge in [0.2, 0.25) is 5.91 Å². The summed E-state index contributed by atoms with van der Waals surface area (Å²) in [6, 6.07) is 8.86. The summed E-state index contributed by atoms with van der Waals surface area (Å²) in [4.78, 5) is 32.5. The molecule has 9 nitrogen and oxygen atoms in total. The minimum absolute atomic E-state index is 0.0895. The first-order valence-electron chi connectivity index (χ1n) is 7.35. The summed E-state index contributed by atoms with van der Waals surface area (Å²) < 4.78 is 0. The second kappa shape index (κ2) is 6.95. The number of benzene rings is 2. The van der Waals surface area contributed by atoms with E-state index in [1.165, 1.54) is 0 Å². The molecule has 0 bridgehead atoms. The third-order valence-electron chi connectivity index (χ3n) is 3.62. The topological polar surface area (TPSA) is 141 Å². The zero-order chi connectivity index (χ0) is 18.7. The molecule has 130 valence electrons. The monoisotopic (exact) mass is 344 g/mol. The van der Waals surface area contributed by atoms with Gasteiger partial charge in [-0.05, 0) is 17.5 Å². The second-order valence-corrected chi connectivity index (χ2v) is 5.63. The fourth-order valence-electron chi connectivity index (χ4n) is 2.42. The smallest absolute Gasteiger partial charge is 0.300 e. The lowest BCUT2D eigenvalue weighted by Crippen LogP contribution is -2.13. The lowest BCUT2D eigenvalue weighted by atomic mass is 10.0. The van der Waals surface area contributed by atoms with Crippen molar-refractivity contribution in [3.8, 4) is 0 Å². The average molecular weight is 344 g/mol. The van der Waals surface area contributed by atoms with Gasteiger partial charge < -0.3 is 11.1 Å². The van der Waals surface area contributed by atoms with Crippen LogP contribution in [0.5, 0.6) is 0 Å². The molecule has 0 spiro atoms. The Hall–Kier alpha value is -3.49. The number of para-hydroxylation sites is 1. The Morgan fingerprint density at radius 3 is 2.04 bits per heavy atom. The third kappa shape index (κ3) is 3.71. The zero-order valence-electron chi connectivity index (χ0n) is 13.6. The quantitative estimate of drug-likeness (QED) is 0.607. The fraction of sp³-hybridized carbons (Fsp3) is 0.188. The average Bonchev–Trinajstić information content (AvgIpc) is 2.54. The molecule has 0 unspecified atom stereocenters. The summed E-state index contributed by atoms with van der Waals surface area (Å²) in [5.74, 6) is -0.896. The van der Waals surface area contributed by atoms with Gasteiger partial charge in [0.15, 0.2) is 5.69 Å². The van der Waals surface area contributed by atoms with Crippen molar-refractivity contribution in [2.45, 2.75) is 19.8 Å². The molecule has 9 heteroatoms. The van der Waals surface area contributed by atoms with E-state index in [1.807, 2.05) is 19.9 Å². The number of hydrogen-bond donors (Lipinski definition) is 2. The standard InChI is InChI=1S/C16H16N4O5/c1-9(2)11-5-3-4-6-12(11)18-15-13(19(22)23)7-10(16(17)21)8-14(15)20(24)25/h3-9,18H,1-2H3,(H2,17,21). The van der Waals surface area contributed by atoms with E-state index in [9.17, 15) is 25.0 Å². The van der Waals surface area contributed by atoms with Gasteiger partial charge in [-0.15, -0.1) is 0 Å². The number of nitrogens with one attached hydrogen (secondary N) is 1. The Morgan fingerprint density at radius 2 is 1.60 bits per heavy atom. The van der Waals surface area contributed by atoms with Crippen molar-refractivity contribution in [3.05, 3.63) is 67.8 Å².